The van der Waals surface area contributed by atoms with Crippen molar-refractivity contribution in [3.05, 3.63) is 6.07 Å². The molecular formula is C19H32N6OS. The third-order valence-electron chi connectivity index (χ3n) is 5.03. The molecular weight excluding hydrogens is 360 g/mol. The quantitative estimate of drug-likeness (QED) is 0.742. The highest BCUT2D eigenvalue weighted by atomic mass is 32.1. The second kappa shape index (κ2) is 9.50. The topological polar surface area (TPSA) is 65.6 Å². The molecule has 3 heterocycles. The van der Waals surface area contributed by atoms with Crippen molar-refractivity contribution in [2.24, 2.45) is 5.92 Å². The highest BCUT2D eigenvalue weighted by Crippen LogP contribution is 2.27. The van der Waals surface area contributed by atoms with Crippen LogP contribution in [0.15, 0.2) is 6.07 Å². The Balaban J connectivity index is 1.82. The van der Waals surface area contributed by atoms with Gasteiger partial charge in [0, 0.05) is 38.3 Å². The Morgan fingerprint density at radius 3 is 2.67 bits per heavy atom. The fourth-order valence-electron chi connectivity index (χ4n) is 3.46. The molecule has 0 saturated carbocycles. The van der Waals surface area contributed by atoms with E-state index in [-0.39, 0.29) is 0 Å². The maximum Gasteiger partial charge on any atom is 0.232 e. The van der Waals surface area contributed by atoms with E-state index in [9.17, 15) is 0 Å². The molecule has 0 bridgehead atoms. The lowest BCUT2D eigenvalue weighted by molar-refractivity contribution is 0.122. The van der Waals surface area contributed by atoms with Crippen LogP contribution in [0.1, 0.15) is 40.0 Å². The Labute approximate surface area is 167 Å². The molecule has 2 fully saturated rings. The normalized spacial score (nSPS) is 20.7. The molecule has 1 aromatic heterocycles. The highest BCUT2D eigenvalue weighted by Gasteiger charge is 2.23. The number of piperidine rings is 1. The number of nitrogens with one attached hydrogen (secondary N) is 2. The predicted molar refractivity (Wildman–Crippen MR) is 115 cm³/mol. The summed E-state index contributed by atoms with van der Waals surface area (Å²) in [6, 6.07) is 2.60. The van der Waals surface area contributed by atoms with E-state index >= 15 is 0 Å². The van der Waals surface area contributed by atoms with Crippen molar-refractivity contribution in [2.45, 2.75) is 46.1 Å². The summed E-state index contributed by atoms with van der Waals surface area (Å²) in [4.78, 5) is 14.2. The summed E-state index contributed by atoms with van der Waals surface area (Å²) in [5.41, 5.74) is 0. The number of aromatic nitrogens is 2. The van der Waals surface area contributed by atoms with Crippen molar-refractivity contribution in [1.29, 1.82) is 0 Å². The van der Waals surface area contributed by atoms with Crippen molar-refractivity contribution in [1.82, 2.24) is 15.3 Å². The molecule has 2 saturated heterocycles. The van der Waals surface area contributed by atoms with E-state index in [1.807, 2.05) is 0 Å². The van der Waals surface area contributed by atoms with Crippen molar-refractivity contribution in [3.63, 3.8) is 0 Å². The Morgan fingerprint density at radius 2 is 1.96 bits per heavy atom. The maximum atomic E-state index is 5.49. The minimum absolute atomic E-state index is 0.491. The van der Waals surface area contributed by atoms with Crippen LogP contribution in [-0.2, 0) is 4.74 Å². The Bertz CT molecular complexity index is 635. The summed E-state index contributed by atoms with van der Waals surface area (Å²) in [5, 5.41) is 6.98. The summed E-state index contributed by atoms with van der Waals surface area (Å²) >= 11 is 5.43. The van der Waals surface area contributed by atoms with Crippen molar-refractivity contribution >= 4 is 34.9 Å². The molecule has 0 aliphatic carbocycles. The van der Waals surface area contributed by atoms with Gasteiger partial charge in [0.1, 0.15) is 11.6 Å². The first kappa shape index (κ1) is 20.1. The zero-order valence-electron chi connectivity index (χ0n) is 16.7. The lowest BCUT2D eigenvalue weighted by atomic mass is 10.0. The largest absolute Gasteiger partial charge is 0.378 e. The zero-order valence-corrected chi connectivity index (χ0v) is 17.5. The van der Waals surface area contributed by atoms with Gasteiger partial charge in [-0.25, -0.2) is 0 Å². The Hall–Kier alpha value is -1.67. The second-order valence-corrected chi connectivity index (χ2v) is 8.18. The van der Waals surface area contributed by atoms with Crippen molar-refractivity contribution in [2.75, 3.05) is 54.5 Å². The molecule has 7 nitrogen and oxygen atoms in total. The fraction of sp³-hybridized carbons (Fsp3) is 0.737. The van der Waals surface area contributed by atoms with E-state index in [1.54, 1.807) is 0 Å². The molecule has 2 aliphatic heterocycles. The van der Waals surface area contributed by atoms with Crippen molar-refractivity contribution < 1.29 is 4.74 Å². The number of rotatable bonds is 5. The van der Waals surface area contributed by atoms with E-state index < -0.39 is 0 Å². The van der Waals surface area contributed by atoms with Gasteiger partial charge in [0.05, 0.1) is 13.2 Å². The molecule has 2 aliphatic rings. The van der Waals surface area contributed by atoms with Crippen LogP contribution in [0.4, 0.5) is 17.6 Å². The van der Waals surface area contributed by atoms with Gasteiger partial charge < -0.3 is 25.2 Å². The molecule has 1 atom stereocenters. The van der Waals surface area contributed by atoms with Gasteiger partial charge in [0.2, 0.25) is 5.95 Å². The van der Waals surface area contributed by atoms with Crippen LogP contribution in [0.5, 0.6) is 0 Å². The molecule has 1 aromatic rings. The van der Waals surface area contributed by atoms with Crippen LogP contribution in [-0.4, -0.2) is 60.5 Å². The first-order chi connectivity index (χ1) is 13.0. The smallest absolute Gasteiger partial charge is 0.232 e. The number of anilines is 3. The van der Waals surface area contributed by atoms with Gasteiger partial charge in [-0.05, 0) is 44.3 Å². The average Bonchev–Trinajstić information content (AvgIpc) is 2.67. The molecule has 27 heavy (non-hydrogen) atoms. The van der Waals surface area contributed by atoms with E-state index in [0.717, 1.165) is 51.0 Å². The van der Waals surface area contributed by atoms with E-state index in [0.29, 0.717) is 23.0 Å². The van der Waals surface area contributed by atoms with Crippen molar-refractivity contribution in [3.8, 4) is 0 Å². The molecule has 0 aromatic carbocycles. The molecule has 0 spiro atoms. The summed E-state index contributed by atoms with van der Waals surface area (Å²) in [7, 11) is 0. The SMILES string of the molecule is CC(C)CNC(=S)Nc1nc(N2CCOCC2)cc(N2CCCC[C@@H]2C)n1. The molecule has 0 unspecified atom stereocenters. The number of hydrogen-bond acceptors (Lipinski definition) is 6. The number of hydrogen-bond donors (Lipinski definition) is 2. The van der Waals surface area contributed by atoms with E-state index in [1.165, 1.54) is 19.3 Å². The first-order valence-corrected chi connectivity index (χ1v) is 10.5. The van der Waals surface area contributed by atoms with Crippen LogP contribution < -0.4 is 20.4 Å². The van der Waals surface area contributed by atoms with Crippen LogP contribution in [0.25, 0.3) is 0 Å². The van der Waals surface area contributed by atoms with Gasteiger partial charge in [0.15, 0.2) is 5.11 Å². The van der Waals surface area contributed by atoms with E-state index in [2.05, 4.69) is 47.3 Å². The average molecular weight is 393 g/mol. The highest BCUT2D eigenvalue weighted by molar-refractivity contribution is 7.80. The summed E-state index contributed by atoms with van der Waals surface area (Å²) in [5.74, 6) is 3.01. The van der Waals surface area contributed by atoms with Gasteiger partial charge >= 0.3 is 0 Å². The first-order valence-electron chi connectivity index (χ1n) is 10.1. The Morgan fingerprint density at radius 1 is 1.22 bits per heavy atom. The van der Waals surface area contributed by atoms with Crippen LogP contribution in [0.2, 0.25) is 0 Å². The minimum atomic E-state index is 0.491. The van der Waals surface area contributed by atoms with Gasteiger partial charge in [0.25, 0.3) is 0 Å². The number of ether oxygens (including phenoxy) is 1. The number of thiocarbonyl (C=S) groups is 1. The summed E-state index contributed by atoms with van der Waals surface area (Å²) < 4.78 is 5.49. The predicted octanol–water partition coefficient (Wildman–Crippen LogP) is 2.63. The maximum absolute atomic E-state index is 5.49. The molecule has 3 rings (SSSR count). The summed E-state index contributed by atoms with van der Waals surface area (Å²) in [6.45, 7) is 11.6. The molecule has 0 radical (unpaired) electrons. The molecule has 150 valence electrons. The lowest BCUT2D eigenvalue weighted by Gasteiger charge is -2.35. The van der Waals surface area contributed by atoms with Gasteiger partial charge in [-0.1, -0.05) is 13.8 Å². The zero-order chi connectivity index (χ0) is 19.2. The fourth-order valence-corrected chi connectivity index (χ4v) is 3.64. The van der Waals surface area contributed by atoms with Gasteiger partial charge in [-0.3, -0.25) is 0 Å². The number of morpholine rings is 1. The van der Waals surface area contributed by atoms with E-state index in [4.69, 9.17) is 26.9 Å². The third kappa shape index (κ3) is 5.65. The number of nitrogens with zero attached hydrogens (tertiary/aromatic N) is 4. The van der Waals surface area contributed by atoms with Crippen LogP contribution >= 0.6 is 12.2 Å². The molecule has 2 N–H and O–H groups in total. The third-order valence-corrected chi connectivity index (χ3v) is 5.27. The molecule has 0 amide bonds. The summed E-state index contributed by atoms with van der Waals surface area (Å²) in [6.07, 6.45) is 3.69. The van der Waals surface area contributed by atoms with Gasteiger partial charge in [-0.15, -0.1) is 0 Å². The van der Waals surface area contributed by atoms with Crippen LogP contribution in [0.3, 0.4) is 0 Å². The standard InChI is InChI=1S/C19H32N6OS/c1-14(2)13-20-19(27)23-18-21-16(24-8-10-26-11-9-24)12-17(22-18)25-7-5-4-6-15(25)3/h12,14-15H,4-11,13H2,1-3H3,(H2,20,21,22,23,27)/t15-/m0/s1. The van der Waals surface area contributed by atoms with Crippen LogP contribution in [0, 0.1) is 5.92 Å². The van der Waals surface area contributed by atoms with Gasteiger partial charge in [-0.2, -0.15) is 9.97 Å². The lowest BCUT2D eigenvalue weighted by Crippen LogP contribution is -2.40. The second-order valence-electron chi connectivity index (χ2n) is 7.77. The monoisotopic (exact) mass is 392 g/mol. The molecule has 8 heteroatoms. The minimum Gasteiger partial charge on any atom is -0.378 e. The Kier molecular flexibility index (Phi) is 7.07.